The van der Waals surface area contributed by atoms with E-state index in [-0.39, 0.29) is 12.3 Å². The van der Waals surface area contributed by atoms with Gasteiger partial charge in [0.25, 0.3) is 5.69 Å². The highest BCUT2D eigenvalue weighted by molar-refractivity contribution is 6.31. The van der Waals surface area contributed by atoms with Gasteiger partial charge in [0.15, 0.2) is 0 Å². The van der Waals surface area contributed by atoms with Crippen LogP contribution < -0.4 is 5.32 Å². The number of rotatable bonds is 5. The number of benzene rings is 1. The van der Waals surface area contributed by atoms with Crippen LogP contribution in [-0.4, -0.2) is 24.1 Å². The van der Waals surface area contributed by atoms with E-state index in [0.717, 1.165) is 13.0 Å². The maximum atomic E-state index is 10.9. The zero-order valence-electron chi connectivity index (χ0n) is 10.6. The summed E-state index contributed by atoms with van der Waals surface area (Å²) in [7, 11) is 0. The molecule has 19 heavy (non-hydrogen) atoms. The fraction of sp³-hybridized carbons (Fsp3) is 0.538. The lowest BCUT2D eigenvalue weighted by molar-refractivity contribution is -0.385. The molecular weight excluding hydrogens is 268 g/mol. The fourth-order valence-corrected chi connectivity index (χ4v) is 2.45. The second kappa shape index (κ2) is 6.84. The van der Waals surface area contributed by atoms with Crippen molar-refractivity contribution >= 4 is 17.3 Å². The number of nitrogens with zero attached hydrogens (tertiary/aromatic N) is 1. The van der Waals surface area contributed by atoms with E-state index in [1.165, 1.54) is 18.9 Å². The minimum Gasteiger partial charge on any atom is -0.375 e. The first-order valence-corrected chi connectivity index (χ1v) is 6.79. The Morgan fingerprint density at radius 2 is 2.32 bits per heavy atom. The van der Waals surface area contributed by atoms with Gasteiger partial charge in [-0.3, -0.25) is 10.1 Å². The van der Waals surface area contributed by atoms with Gasteiger partial charge >= 0.3 is 0 Å². The average molecular weight is 285 g/mol. The molecule has 1 saturated heterocycles. The van der Waals surface area contributed by atoms with Crippen LogP contribution in [0, 0.1) is 10.1 Å². The Bertz CT molecular complexity index is 448. The lowest BCUT2D eigenvalue weighted by Crippen LogP contribution is -2.37. The molecule has 1 atom stereocenters. The molecule has 1 heterocycles. The first-order chi connectivity index (χ1) is 9.18. The van der Waals surface area contributed by atoms with Crippen LogP contribution in [0.1, 0.15) is 24.8 Å². The molecule has 1 aromatic carbocycles. The summed E-state index contributed by atoms with van der Waals surface area (Å²) < 4.78 is 5.58. The summed E-state index contributed by atoms with van der Waals surface area (Å²) in [5.41, 5.74) is 0.467. The molecule has 1 aromatic rings. The molecule has 104 valence electrons. The molecule has 6 heteroatoms. The van der Waals surface area contributed by atoms with Crippen LogP contribution in [0.5, 0.6) is 0 Å². The van der Waals surface area contributed by atoms with Crippen molar-refractivity contribution in [2.24, 2.45) is 0 Å². The van der Waals surface area contributed by atoms with E-state index < -0.39 is 4.92 Å². The van der Waals surface area contributed by atoms with Gasteiger partial charge in [-0.05, 0) is 25.5 Å². The molecule has 1 unspecified atom stereocenters. The highest BCUT2D eigenvalue weighted by Gasteiger charge is 2.18. The molecule has 0 saturated carbocycles. The molecular formula is C13H17ClN2O3. The van der Waals surface area contributed by atoms with E-state index in [4.69, 9.17) is 16.3 Å². The van der Waals surface area contributed by atoms with Crippen molar-refractivity contribution in [1.82, 2.24) is 5.32 Å². The predicted molar refractivity (Wildman–Crippen MR) is 73.4 cm³/mol. The average Bonchev–Trinajstić information content (AvgIpc) is 2.41. The van der Waals surface area contributed by atoms with Crippen molar-refractivity contribution in [3.63, 3.8) is 0 Å². The zero-order chi connectivity index (χ0) is 13.7. The molecule has 1 fully saturated rings. The number of hydrogen-bond donors (Lipinski definition) is 1. The number of ether oxygens (including phenoxy) is 1. The lowest BCUT2D eigenvalue weighted by atomic mass is 10.1. The molecule has 0 aromatic heterocycles. The number of nitro groups is 1. The Morgan fingerprint density at radius 3 is 3.00 bits per heavy atom. The van der Waals surface area contributed by atoms with Crippen molar-refractivity contribution < 1.29 is 9.66 Å². The topological polar surface area (TPSA) is 64.4 Å². The van der Waals surface area contributed by atoms with Crippen molar-refractivity contribution in [1.29, 1.82) is 0 Å². The monoisotopic (exact) mass is 284 g/mol. The Hall–Kier alpha value is -1.17. The summed E-state index contributed by atoms with van der Waals surface area (Å²) >= 11 is 5.99. The minimum absolute atomic E-state index is 0.0177. The van der Waals surface area contributed by atoms with Gasteiger partial charge in [0, 0.05) is 12.1 Å². The van der Waals surface area contributed by atoms with E-state index in [1.54, 1.807) is 12.1 Å². The third-order valence-corrected chi connectivity index (χ3v) is 3.62. The van der Waals surface area contributed by atoms with Gasteiger partial charge in [0.1, 0.15) is 0 Å². The van der Waals surface area contributed by atoms with Gasteiger partial charge in [0.05, 0.1) is 28.7 Å². The molecule has 0 spiro atoms. The van der Waals surface area contributed by atoms with E-state index in [2.05, 4.69) is 5.32 Å². The van der Waals surface area contributed by atoms with Crippen LogP contribution in [0.25, 0.3) is 0 Å². The Morgan fingerprint density at radius 1 is 1.47 bits per heavy atom. The van der Waals surface area contributed by atoms with Crippen molar-refractivity contribution in [2.45, 2.75) is 31.9 Å². The summed E-state index contributed by atoms with van der Waals surface area (Å²) in [6, 6.07) is 5.01. The standard InChI is InChI=1S/C13H17ClN2O3/c14-12-5-3-6-13(16(17)18)11(12)9-19-8-10-4-1-2-7-15-10/h3,5-6,10,15H,1-2,4,7-9H2. The second-order valence-electron chi connectivity index (χ2n) is 4.66. The molecule has 0 aliphatic carbocycles. The number of piperidine rings is 1. The molecule has 0 bridgehead atoms. The predicted octanol–water partition coefficient (Wildman–Crippen LogP) is 2.91. The van der Waals surface area contributed by atoms with Crippen LogP contribution in [0.15, 0.2) is 18.2 Å². The first-order valence-electron chi connectivity index (χ1n) is 6.41. The van der Waals surface area contributed by atoms with Crippen molar-refractivity contribution in [2.75, 3.05) is 13.2 Å². The third-order valence-electron chi connectivity index (χ3n) is 3.27. The number of nitrogens with one attached hydrogen (secondary N) is 1. The fourth-order valence-electron chi connectivity index (χ4n) is 2.23. The highest BCUT2D eigenvalue weighted by atomic mass is 35.5. The van der Waals surface area contributed by atoms with Gasteiger partial charge in [-0.2, -0.15) is 0 Å². The van der Waals surface area contributed by atoms with Crippen LogP contribution in [-0.2, 0) is 11.3 Å². The quantitative estimate of drug-likeness (QED) is 0.667. The molecule has 5 nitrogen and oxygen atoms in total. The minimum atomic E-state index is -0.427. The summed E-state index contributed by atoms with van der Waals surface area (Å²) in [5, 5.41) is 14.7. The van der Waals surface area contributed by atoms with E-state index in [0.29, 0.717) is 23.2 Å². The molecule has 0 amide bonds. The second-order valence-corrected chi connectivity index (χ2v) is 5.06. The number of nitro benzene ring substituents is 1. The van der Waals surface area contributed by atoms with E-state index in [9.17, 15) is 10.1 Å². The normalized spacial score (nSPS) is 19.3. The Balaban J connectivity index is 1.93. The Labute approximate surface area is 117 Å². The van der Waals surface area contributed by atoms with Gasteiger partial charge in [-0.1, -0.05) is 24.1 Å². The van der Waals surface area contributed by atoms with Crippen LogP contribution in [0.4, 0.5) is 5.69 Å². The SMILES string of the molecule is O=[N+]([O-])c1cccc(Cl)c1COCC1CCCCN1. The lowest BCUT2D eigenvalue weighted by Gasteiger charge is -2.23. The summed E-state index contributed by atoms with van der Waals surface area (Å²) in [6.07, 6.45) is 3.49. The van der Waals surface area contributed by atoms with Crippen LogP contribution >= 0.6 is 11.6 Å². The third kappa shape index (κ3) is 3.89. The van der Waals surface area contributed by atoms with Crippen LogP contribution in [0.3, 0.4) is 0 Å². The molecule has 1 aliphatic rings. The van der Waals surface area contributed by atoms with Crippen molar-refractivity contribution in [3.8, 4) is 0 Å². The van der Waals surface area contributed by atoms with Gasteiger partial charge < -0.3 is 10.1 Å². The molecule has 2 rings (SSSR count). The number of hydrogen-bond acceptors (Lipinski definition) is 4. The van der Waals surface area contributed by atoms with Gasteiger partial charge in [-0.25, -0.2) is 0 Å². The van der Waals surface area contributed by atoms with Gasteiger partial charge in [-0.15, -0.1) is 0 Å². The summed E-state index contributed by atoms with van der Waals surface area (Å²) in [6.45, 7) is 1.75. The maximum Gasteiger partial charge on any atom is 0.276 e. The highest BCUT2D eigenvalue weighted by Crippen LogP contribution is 2.27. The summed E-state index contributed by atoms with van der Waals surface area (Å²) in [4.78, 5) is 10.5. The molecule has 0 radical (unpaired) electrons. The van der Waals surface area contributed by atoms with Crippen molar-refractivity contribution in [3.05, 3.63) is 38.9 Å². The Kier molecular flexibility index (Phi) is 5.13. The smallest absolute Gasteiger partial charge is 0.276 e. The van der Waals surface area contributed by atoms with E-state index >= 15 is 0 Å². The number of halogens is 1. The molecule has 1 N–H and O–H groups in total. The van der Waals surface area contributed by atoms with Gasteiger partial charge in [0.2, 0.25) is 0 Å². The summed E-state index contributed by atoms with van der Waals surface area (Å²) in [5.74, 6) is 0. The van der Waals surface area contributed by atoms with Crippen LogP contribution in [0.2, 0.25) is 5.02 Å². The molecule has 1 aliphatic heterocycles. The maximum absolute atomic E-state index is 10.9. The first kappa shape index (κ1) is 14.2. The zero-order valence-corrected chi connectivity index (χ0v) is 11.4. The van der Waals surface area contributed by atoms with E-state index in [1.807, 2.05) is 0 Å². The largest absolute Gasteiger partial charge is 0.375 e.